The van der Waals surface area contributed by atoms with Gasteiger partial charge in [-0.1, -0.05) is 17.5 Å². The quantitative estimate of drug-likeness (QED) is 0.309. The normalized spacial score (nSPS) is 8.67. The smallest absolute Gasteiger partial charge is 0.341 e. The summed E-state index contributed by atoms with van der Waals surface area (Å²) in [5.74, 6) is 4.10. The Labute approximate surface area is 91.2 Å². The summed E-state index contributed by atoms with van der Waals surface area (Å²) in [7, 11) is 1.24. The molecule has 0 saturated heterocycles. The van der Waals surface area contributed by atoms with Gasteiger partial charge in [-0.3, -0.25) is 4.79 Å². The summed E-state index contributed by atoms with van der Waals surface area (Å²) in [6.07, 6.45) is 1.82. The van der Waals surface area contributed by atoms with Gasteiger partial charge in [0.1, 0.15) is 5.15 Å². The molecule has 0 unspecified atom stereocenters. The molecule has 0 fully saturated rings. The van der Waals surface area contributed by atoms with Crippen molar-refractivity contribution in [1.29, 1.82) is 0 Å². The number of hydrogen-bond donors (Lipinski definition) is 0. The van der Waals surface area contributed by atoms with Crippen molar-refractivity contribution >= 4 is 23.9 Å². The summed E-state index contributed by atoms with van der Waals surface area (Å²) in [4.78, 5) is 25.0. The Bertz CT molecular complexity index is 459. The van der Waals surface area contributed by atoms with Crippen molar-refractivity contribution < 1.29 is 14.3 Å². The van der Waals surface area contributed by atoms with Crippen LogP contribution in [0, 0.1) is 11.8 Å². The maximum atomic E-state index is 11.2. The van der Waals surface area contributed by atoms with E-state index in [0.717, 1.165) is 0 Å². The fourth-order valence-electron chi connectivity index (χ4n) is 0.882. The average molecular weight is 224 g/mol. The van der Waals surface area contributed by atoms with Crippen molar-refractivity contribution in [2.24, 2.45) is 0 Å². The molecule has 0 spiro atoms. The number of aldehydes is 1. The Hall–Kier alpha value is -1.86. The molecule has 0 N–H and O–H groups in total. The van der Waals surface area contributed by atoms with Gasteiger partial charge in [0, 0.05) is 11.8 Å². The minimum atomic E-state index is -0.595. The number of rotatable bonds is 1. The summed E-state index contributed by atoms with van der Waals surface area (Å²) in [5.41, 5.74) is 0.545. The van der Waals surface area contributed by atoms with E-state index in [-0.39, 0.29) is 10.7 Å². The fraction of sp³-hybridized carbons (Fsp3) is 0.100. The van der Waals surface area contributed by atoms with E-state index in [2.05, 4.69) is 21.6 Å². The number of hydrogen-bond acceptors (Lipinski definition) is 4. The van der Waals surface area contributed by atoms with Gasteiger partial charge < -0.3 is 4.74 Å². The highest BCUT2D eigenvalue weighted by atomic mass is 35.5. The molecule has 4 nitrogen and oxygen atoms in total. The first-order valence-electron chi connectivity index (χ1n) is 3.88. The summed E-state index contributed by atoms with van der Waals surface area (Å²) < 4.78 is 4.50. The molecule has 0 bridgehead atoms. The Kier molecular flexibility index (Phi) is 3.83. The van der Waals surface area contributed by atoms with Gasteiger partial charge in [-0.25, -0.2) is 9.78 Å². The molecule has 0 aliphatic carbocycles. The summed E-state index contributed by atoms with van der Waals surface area (Å²) in [6.45, 7) is 0. The molecule has 5 heteroatoms. The Balaban J connectivity index is 3.16. The van der Waals surface area contributed by atoms with E-state index in [4.69, 9.17) is 11.6 Å². The lowest BCUT2D eigenvalue weighted by atomic mass is 10.2. The Morgan fingerprint density at radius 1 is 1.67 bits per heavy atom. The summed E-state index contributed by atoms with van der Waals surface area (Å²) >= 11 is 5.67. The van der Waals surface area contributed by atoms with E-state index in [9.17, 15) is 9.59 Å². The first kappa shape index (κ1) is 11.2. The van der Waals surface area contributed by atoms with Gasteiger partial charge in [0.15, 0.2) is 6.29 Å². The molecule has 0 saturated carbocycles. The molecule has 15 heavy (non-hydrogen) atoms. The number of carbonyl (C=O) groups excluding carboxylic acids is 2. The van der Waals surface area contributed by atoms with Gasteiger partial charge in [-0.05, 0) is 12.0 Å². The van der Waals surface area contributed by atoms with Crippen molar-refractivity contribution in [3.8, 4) is 11.8 Å². The first-order chi connectivity index (χ1) is 7.19. The highest BCUT2D eigenvalue weighted by Gasteiger charge is 2.11. The number of pyridine rings is 1. The van der Waals surface area contributed by atoms with Gasteiger partial charge >= 0.3 is 5.97 Å². The van der Waals surface area contributed by atoms with Crippen LogP contribution in [0.2, 0.25) is 5.15 Å². The maximum Gasteiger partial charge on any atom is 0.341 e. The standard InChI is InChI=1S/C10H6ClNO3/c1-15-10(14)8-5-7(3-2-4-13)6-12-9(8)11/h4-6H,1H3. The number of carbonyl (C=O) groups is 2. The highest BCUT2D eigenvalue weighted by Crippen LogP contribution is 2.14. The van der Waals surface area contributed by atoms with E-state index >= 15 is 0 Å². The van der Waals surface area contributed by atoms with Crippen LogP contribution >= 0.6 is 11.6 Å². The van der Waals surface area contributed by atoms with Crippen molar-refractivity contribution in [3.05, 3.63) is 28.5 Å². The molecule has 0 atom stereocenters. The van der Waals surface area contributed by atoms with Crippen LogP contribution in [0.1, 0.15) is 15.9 Å². The molecule has 1 heterocycles. The third-order valence-corrected chi connectivity index (χ3v) is 1.82. The zero-order valence-electron chi connectivity index (χ0n) is 7.78. The van der Waals surface area contributed by atoms with Crippen LogP contribution < -0.4 is 0 Å². The minimum absolute atomic E-state index is 0.0403. The van der Waals surface area contributed by atoms with Gasteiger partial charge in [0.25, 0.3) is 0 Å². The fourth-order valence-corrected chi connectivity index (χ4v) is 1.06. The van der Waals surface area contributed by atoms with Crippen molar-refractivity contribution in [2.75, 3.05) is 7.11 Å². The van der Waals surface area contributed by atoms with E-state index in [1.54, 1.807) is 0 Å². The second-order valence-corrected chi connectivity index (χ2v) is 2.80. The molecule has 1 rings (SSSR count). The van der Waals surface area contributed by atoms with Gasteiger partial charge in [0.2, 0.25) is 0 Å². The molecule has 0 aromatic carbocycles. The lowest BCUT2D eigenvalue weighted by molar-refractivity contribution is -0.103. The van der Waals surface area contributed by atoms with Gasteiger partial charge in [-0.2, -0.15) is 0 Å². The zero-order valence-corrected chi connectivity index (χ0v) is 8.54. The molecular formula is C10H6ClNO3. The molecular weight excluding hydrogens is 218 g/mol. The molecule has 0 amide bonds. The second-order valence-electron chi connectivity index (χ2n) is 2.44. The van der Waals surface area contributed by atoms with E-state index in [1.807, 2.05) is 0 Å². The minimum Gasteiger partial charge on any atom is -0.465 e. The number of esters is 1. The summed E-state index contributed by atoms with van der Waals surface area (Å²) in [5, 5.41) is 0.0403. The predicted octanol–water partition coefficient (Wildman–Crippen LogP) is 1.07. The van der Waals surface area contributed by atoms with Crippen LogP contribution in [-0.2, 0) is 9.53 Å². The Morgan fingerprint density at radius 3 is 3.00 bits per heavy atom. The topological polar surface area (TPSA) is 56.3 Å². The summed E-state index contributed by atoms with van der Waals surface area (Å²) in [6, 6.07) is 1.41. The molecule has 1 aromatic heterocycles. The zero-order chi connectivity index (χ0) is 11.3. The van der Waals surface area contributed by atoms with Gasteiger partial charge in [-0.15, -0.1) is 0 Å². The predicted molar refractivity (Wildman–Crippen MR) is 53.5 cm³/mol. The number of ether oxygens (including phenoxy) is 1. The largest absolute Gasteiger partial charge is 0.465 e. The number of methoxy groups -OCH3 is 1. The van der Waals surface area contributed by atoms with Crippen LogP contribution in [0.25, 0.3) is 0 Å². The molecule has 76 valence electrons. The highest BCUT2D eigenvalue weighted by molar-refractivity contribution is 6.32. The molecule has 1 aromatic rings. The van der Waals surface area contributed by atoms with Crippen molar-refractivity contribution in [3.63, 3.8) is 0 Å². The lowest BCUT2D eigenvalue weighted by Gasteiger charge is -2.01. The first-order valence-corrected chi connectivity index (χ1v) is 4.26. The van der Waals surface area contributed by atoms with Crippen LogP contribution in [0.3, 0.4) is 0 Å². The second kappa shape index (κ2) is 5.13. The molecule has 0 radical (unpaired) electrons. The van der Waals surface area contributed by atoms with Crippen LogP contribution in [0.15, 0.2) is 12.3 Å². The maximum absolute atomic E-state index is 11.2. The third-order valence-electron chi connectivity index (χ3n) is 1.52. The molecule has 0 aliphatic heterocycles. The lowest BCUT2D eigenvalue weighted by Crippen LogP contribution is -2.03. The number of nitrogens with zero attached hydrogens (tertiary/aromatic N) is 1. The van der Waals surface area contributed by atoms with E-state index in [0.29, 0.717) is 11.8 Å². The Morgan fingerprint density at radius 2 is 2.40 bits per heavy atom. The van der Waals surface area contributed by atoms with Crippen LogP contribution in [0.5, 0.6) is 0 Å². The molecule has 0 aliphatic rings. The SMILES string of the molecule is COC(=O)c1cc(C#CC=O)cnc1Cl. The van der Waals surface area contributed by atoms with Gasteiger partial charge in [0.05, 0.1) is 12.7 Å². The van der Waals surface area contributed by atoms with E-state index in [1.165, 1.54) is 19.4 Å². The van der Waals surface area contributed by atoms with Crippen LogP contribution in [0.4, 0.5) is 0 Å². The average Bonchev–Trinajstić information content (AvgIpc) is 2.27. The van der Waals surface area contributed by atoms with Crippen molar-refractivity contribution in [1.82, 2.24) is 4.98 Å². The number of aromatic nitrogens is 1. The monoisotopic (exact) mass is 223 g/mol. The third kappa shape index (κ3) is 2.79. The number of halogens is 1. The van der Waals surface area contributed by atoms with Crippen LogP contribution in [-0.4, -0.2) is 24.3 Å². The van der Waals surface area contributed by atoms with E-state index < -0.39 is 5.97 Å². The van der Waals surface area contributed by atoms with Crippen molar-refractivity contribution in [2.45, 2.75) is 0 Å².